The number of hydrogen-bond donors (Lipinski definition) is 1. The molecule has 3 nitrogen and oxygen atoms in total. The number of halogens is 7. The zero-order chi connectivity index (χ0) is 16.7. The van der Waals surface area contributed by atoms with Crippen LogP contribution in [0.25, 0.3) is 0 Å². The van der Waals surface area contributed by atoms with E-state index in [1.165, 1.54) is 0 Å². The highest BCUT2D eigenvalue weighted by Crippen LogP contribution is 2.46. The summed E-state index contributed by atoms with van der Waals surface area (Å²) >= 11 is 0.208. The van der Waals surface area contributed by atoms with Gasteiger partial charge in [-0.1, -0.05) is 11.8 Å². The predicted octanol–water partition coefficient (Wildman–Crippen LogP) is 3.47. The molecule has 0 radical (unpaired) electrons. The summed E-state index contributed by atoms with van der Waals surface area (Å²) in [5.41, 5.74) is -2.72. The predicted molar refractivity (Wildman–Crippen MR) is 63.9 cm³/mol. The second kappa shape index (κ2) is 5.91. The Morgan fingerprint density at radius 1 is 1.36 bits per heavy atom. The molecule has 1 aromatic rings. The molecule has 0 amide bonds. The van der Waals surface area contributed by atoms with Crippen molar-refractivity contribution in [3.63, 3.8) is 0 Å². The number of aryl methyl sites for hydroxylation is 1. The van der Waals surface area contributed by atoms with Gasteiger partial charge in [0.1, 0.15) is 6.10 Å². The van der Waals surface area contributed by atoms with Crippen molar-refractivity contribution < 1.29 is 35.8 Å². The molecule has 126 valence electrons. The van der Waals surface area contributed by atoms with Gasteiger partial charge in [0.25, 0.3) is 11.7 Å². The summed E-state index contributed by atoms with van der Waals surface area (Å²) in [5.74, 6) is -6.60. The summed E-state index contributed by atoms with van der Waals surface area (Å²) in [4.78, 5) is 0. The zero-order valence-electron chi connectivity index (χ0n) is 10.9. The fourth-order valence-electron chi connectivity index (χ4n) is 2.32. The van der Waals surface area contributed by atoms with Gasteiger partial charge in [-0.3, -0.25) is 4.68 Å². The van der Waals surface area contributed by atoms with Gasteiger partial charge in [0.2, 0.25) is 0 Å². The lowest BCUT2D eigenvalue weighted by molar-refractivity contribution is -0.150. The van der Waals surface area contributed by atoms with Gasteiger partial charge in [0.05, 0.1) is 6.54 Å². The molecule has 11 heteroatoms. The molecule has 2 rings (SSSR count). The summed E-state index contributed by atoms with van der Waals surface area (Å²) < 4.78 is 90.5. The number of rotatable bonds is 4. The molecule has 22 heavy (non-hydrogen) atoms. The second-order valence-corrected chi connectivity index (χ2v) is 5.82. The molecule has 1 aliphatic carbocycles. The fourth-order valence-corrected chi connectivity index (χ4v) is 2.77. The van der Waals surface area contributed by atoms with Crippen LogP contribution in [0.3, 0.4) is 0 Å². The lowest BCUT2D eigenvalue weighted by Crippen LogP contribution is -2.33. The van der Waals surface area contributed by atoms with Crippen LogP contribution < -0.4 is 0 Å². The first kappa shape index (κ1) is 17.4. The van der Waals surface area contributed by atoms with Crippen LogP contribution in [0.4, 0.5) is 30.7 Å². The number of thioether (sulfide) groups is 1. The van der Waals surface area contributed by atoms with Gasteiger partial charge in [-0.05, 0) is 6.42 Å². The largest absolute Gasteiger partial charge is 0.435 e. The Labute approximate surface area is 124 Å². The van der Waals surface area contributed by atoms with Crippen molar-refractivity contribution >= 4 is 11.8 Å². The van der Waals surface area contributed by atoms with Crippen molar-refractivity contribution in [2.24, 2.45) is 0 Å². The Hall–Kier alpha value is -0.970. The van der Waals surface area contributed by atoms with E-state index in [9.17, 15) is 35.8 Å². The van der Waals surface area contributed by atoms with E-state index in [4.69, 9.17) is 0 Å². The third-order valence-electron chi connectivity index (χ3n) is 3.28. The summed E-state index contributed by atoms with van der Waals surface area (Å²) in [5, 5.41) is 12.7. The van der Waals surface area contributed by atoms with Crippen molar-refractivity contribution in [1.29, 1.82) is 0 Å². The maximum Gasteiger partial charge on any atom is 0.435 e. The van der Waals surface area contributed by atoms with Crippen molar-refractivity contribution in [1.82, 2.24) is 9.78 Å². The maximum absolute atomic E-state index is 13.5. The molecule has 0 aromatic carbocycles. The van der Waals surface area contributed by atoms with E-state index in [2.05, 4.69) is 5.10 Å². The quantitative estimate of drug-likeness (QED) is 0.844. The minimum absolute atomic E-state index is 0.180. The molecule has 1 aliphatic rings. The van der Waals surface area contributed by atoms with Crippen LogP contribution in [0.5, 0.6) is 0 Å². The monoisotopic (exact) mass is 352 g/mol. The minimum Gasteiger partial charge on any atom is -0.382 e. The molecule has 0 saturated carbocycles. The second-order valence-electron chi connectivity index (χ2n) is 4.72. The van der Waals surface area contributed by atoms with Crippen molar-refractivity contribution in [2.75, 3.05) is 5.75 Å². The van der Waals surface area contributed by atoms with E-state index in [-0.39, 0.29) is 29.8 Å². The van der Waals surface area contributed by atoms with Crippen LogP contribution in [0.1, 0.15) is 29.5 Å². The average molecular weight is 352 g/mol. The first-order chi connectivity index (χ1) is 10.0. The van der Waals surface area contributed by atoms with E-state index in [1.807, 2.05) is 0 Å². The van der Waals surface area contributed by atoms with Gasteiger partial charge in [0, 0.05) is 23.4 Å². The molecule has 0 spiro atoms. The van der Waals surface area contributed by atoms with E-state index in [0.29, 0.717) is 0 Å². The average Bonchev–Trinajstić information content (AvgIpc) is 2.73. The molecule has 1 heterocycles. The lowest BCUT2D eigenvalue weighted by Gasteiger charge is -2.28. The Morgan fingerprint density at radius 2 is 2.00 bits per heavy atom. The fraction of sp³-hybridized carbons (Fsp3) is 0.727. The van der Waals surface area contributed by atoms with E-state index >= 15 is 0 Å². The Bertz CT molecular complexity index is 543. The zero-order valence-corrected chi connectivity index (χ0v) is 11.7. The standard InChI is InChI=1S/C11H11F7N2OS/c12-9(13)22-4-3-20-5-1-2-10(14,15)8(21)6(5)7(19-20)11(16,17)18/h8-9,21H,1-4H2. The minimum atomic E-state index is -5.01. The molecular formula is C11H11F7N2OS. The normalized spacial score (nSPS) is 21.2. The number of aliphatic hydroxyl groups is 1. The molecular weight excluding hydrogens is 341 g/mol. The van der Waals surface area contributed by atoms with Gasteiger partial charge in [0.15, 0.2) is 5.69 Å². The number of aliphatic hydroxyl groups excluding tert-OH is 1. The third-order valence-corrected chi connectivity index (χ3v) is 3.95. The summed E-state index contributed by atoms with van der Waals surface area (Å²) in [7, 11) is 0. The molecule has 0 bridgehead atoms. The van der Waals surface area contributed by atoms with E-state index in [0.717, 1.165) is 4.68 Å². The third kappa shape index (κ3) is 3.34. The van der Waals surface area contributed by atoms with Crippen LogP contribution in [-0.4, -0.2) is 32.3 Å². The van der Waals surface area contributed by atoms with Gasteiger partial charge in [-0.2, -0.15) is 27.1 Å². The Balaban J connectivity index is 2.38. The van der Waals surface area contributed by atoms with Crippen LogP contribution in [-0.2, 0) is 19.1 Å². The van der Waals surface area contributed by atoms with Crippen LogP contribution in [0.2, 0.25) is 0 Å². The van der Waals surface area contributed by atoms with Crippen LogP contribution in [0.15, 0.2) is 0 Å². The summed E-state index contributed by atoms with van der Waals surface area (Å²) in [6.45, 7) is -0.286. The van der Waals surface area contributed by atoms with Crippen LogP contribution >= 0.6 is 11.8 Å². The number of nitrogens with zero attached hydrogens (tertiary/aromatic N) is 2. The van der Waals surface area contributed by atoms with Crippen molar-refractivity contribution in [3.05, 3.63) is 17.0 Å². The molecule has 1 atom stereocenters. The first-order valence-electron chi connectivity index (χ1n) is 6.16. The molecule has 1 unspecified atom stereocenters. The van der Waals surface area contributed by atoms with Crippen molar-refractivity contribution in [2.45, 2.75) is 43.3 Å². The smallest absolute Gasteiger partial charge is 0.382 e. The van der Waals surface area contributed by atoms with E-state index < -0.39 is 48.1 Å². The number of hydrogen-bond acceptors (Lipinski definition) is 3. The van der Waals surface area contributed by atoms with Gasteiger partial charge < -0.3 is 5.11 Å². The lowest BCUT2D eigenvalue weighted by atomic mass is 9.89. The summed E-state index contributed by atoms with van der Waals surface area (Å²) in [6, 6.07) is 0. The SMILES string of the molecule is OC1c2c(C(F)(F)F)nn(CCSC(F)F)c2CCC1(F)F. The highest BCUT2D eigenvalue weighted by Gasteiger charge is 2.51. The Morgan fingerprint density at radius 3 is 2.55 bits per heavy atom. The van der Waals surface area contributed by atoms with Gasteiger partial charge >= 0.3 is 6.18 Å². The molecule has 1 aromatic heterocycles. The molecule has 0 saturated heterocycles. The van der Waals surface area contributed by atoms with Crippen LogP contribution in [0, 0.1) is 0 Å². The number of aromatic nitrogens is 2. The first-order valence-corrected chi connectivity index (χ1v) is 7.21. The highest BCUT2D eigenvalue weighted by atomic mass is 32.2. The number of alkyl halides is 7. The topological polar surface area (TPSA) is 38.1 Å². The van der Waals surface area contributed by atoms with Crippen molar-refractivity contribution in [3.8, 4) is 0 Å². The summed E-state index contributed by atoms with van der Waals surface area (Å²) in [6.07, 6.45) is -8.86. The Kier molecular flexibility index (Phi) is 4.67. The molecule has 0 aliphatic heterocycles. The maximum atomic E-state index is 13.5. The number of fused-ring (bicyclic) bond motifs is 1. The highest BCUT2D eigenvalue weighted by molar-refractivity contribution is 7.99. The van der Waals surface area contributed by atoms with E-state index in [1.54, 1.807) is 0 Å². The van der Waals surface area contributed by atoms with Gasteiger partial charge in [-0.15, -0.1) is 0 Å². The molecule has 1 N–H and O–H groups in total. The molecule has 0 fully saturated rings. The van der Waals surface area contributed by atoms with Gasteiger partial charge in [-0.25, -0.2) is 8.78 Å².